The number of H-pyrrole nitrogens is 1. The standard InChI is InChI=1S/C18H20ClN3OS/c1-9-12(4)24-18-15(9)17(23)21-16(22-18)11(3)20-10(2)13-7-5-6-8-14(13)19/h5-8,10-11,20H,1-4H3,(H,21,22,23). The Kier molecular flexibility index (Phi) is 4.76. The molecular weight excluding hydrogens is 342 g/mol. The number of halogens is 1. The zero-order valence-corrected chi connectivity index (χ0v) is 15.7. The Morgan fingerprint density at radius 1 is 1.21 bits per heavy atom. The number of rotatable bonds is 4. The lowest BCUT2D eigenvalue weighted by atomic mass is 10.1. The highest BCUT2D eigenvalue weighted by molar-refractivity contribution is 7.18. The number of fused-ring (bicyclic) bond motifs is 1. The second kappa shape index (κ2) is 6.67. The van der Waals surface area contributed by atoms with Crippen molar-refractivity contribution in [1.82, 2.24) is 15.3 Å². The summed E-state index contributed by atoms with van der Waals surface area (Å²) in [5.74, 6) is 0.646. The summed E-state index contributed by atoms with van der Waals surface area (Å²) in [6, 6.07) is 7.70. The molecule has 0 saturated carbocycles. The molecule has 6 heteroatoms. The molecule has 0 aliphatic rings. The molecule has 0 aliphatic carbocycles. The number of hydrogen-bond donors (Lipinski definition) is 2. The van der Waals surface area contributed by atoms with Crippen LogP contribution in [-0.2, 0) is 0 Å². The molecule has 0 spiro atoms. The second-order valence-electron chi connectivity index (χ2n) is 6.05. The number of benzene rings is 1. The first kappa shape index (κ1) is 17.1. The minimum Gasteiger partial charge on any atom is -0.309 e. The Hall–Kier alpha value is -1.69. The van der Waals surface area contributed by atoms with Crippen LogP contribution in [0.2, 0.25) is 5.02 Å². The summed E-state index contributed by atoms with van der Waals surface area (Å²) in [6.45, 7) is 8.02. The molecule has 126 valence electrons. The third-order valence-corrected chi connectivity index (χ3v) is 5.78. The quantitative estimate of drug-likeness (QED) is 0.710. The van der Waals surface area contributed by atoms with E-state index in [0.717, 1.165) is 25.9 Å². The van der Waals surface area contributed by atoms with Crippen molar-refractivity contribution >= 4 is 33.2 Å². The van der Waals surface area contributed by atoms with E-state index < -0.39 is 0 Å². The van der Waals surface area contributed by atoms with E-state index in [-0.39, 0.29) is 17.6 Å². The van der Waals surface area contributed by atoms with Gasteiger partial charge < -0.3 is 10.3 Å². The van der Waals surface area contributed by atoms with Gasteiger partial charge in [-0.2, -0.15) is 0 Å². The lowest BCUT2D eigenvalue weighted by Crippen LogP contribution is -2.26. The topological polar surface area (TPSA) is 57.8 Å². The lowest BCUT2D eigenvalue weighted by Gasteiger charge is -2.20. The summed E-state index contributed by atoms with van der Waals surface area (Å²) in [4.78, 5) is 21.9. The van der Waals surface area contributed by atoms with Crippen molar-refractivity contribution in [3.8, 4) is 0 Å². The Labute approximate surface area is 149 Å². The Morgan fingerprint density at radius 3 is 2.62 bits per heavy atom. The third-order valence-electron chi connectivity index (χ3n) is 4.34. The maximum Gasteiger partial charge on any atom is 0.259 e. The summed E-state index contributed by atoms with van der Waals surface area (Å²) < 4.78 is 0. The summed E-state index contributed by atoms with van der Waals surface area (Å²) in [6.07, 6.45) is 0. The van der Waals surface area contributed by atoms with Crippen molar-refractivity contribution in [3.63, 3.8) is 0 Å². The molecule has 0 amide bonds. The molecule has 2 aromatic heterocycles. The predicted octanol–water partition coefficient (Wildman–Crippen LogP) is 4.67. The van der Waals surface area contributed by atoms with Gasteiger partial charge in [-0.1, -0.05) is 29.8 Å². The highest BCUT2D eigenvalue weighted by Crippen LogP contribution is 2.28. The summed E-state index contributed by atoms with van der Waals surface area (Å²) >= 11 is 7.82. The van der Waals surface area contributed by atoms with Crippen LogP contribution < -0.4 is 10.9 Å². The molecule has 0 radical (unpaired) electrons. The highest BCUT2D eigenvalue weighted by Gasteiger charge is 2.18. The fourth-order valence-corrected chi connectivity index (χ4v) is 4.18. The number of nitrogens with one attached hydrogen (secondary N) is 2. The van der Waals surface area contributed by atoms with E-state index in [2.05, 4.69) is 15.3 Å². The first-order valence-electron chi connectivity index (χ1n) is 7.89. The Bertz CT molecular complexity index is 947. The van der Waals surface area contributed by atoms with Gasteiger partial charge in [-0.05, 0) is 44.9 Å². The van der Waals surface area contributed by atoms with E-state index >= 15 is 0 Å². The number of aromatic amines is 1. The number of aryl methyl sites for hydroxylation is 2. The van der Waals surface area contributed by atoms with Crippen molar-refractivity contribution in [2.75, 3.05) is 0 Å². The minimum absolute atomic E-state index is 0.0431. The van der Waals surface area contributed by atoms with Gasteiger partial charge in [0.1, 0.15) is 10.7 Å². The summed E-state index contributed by atoms with van der Waals surface area (Å²) in [5, 5.41) is 4.88. The molecule has 3 aromatic rings. The van der Waals surface area contributed by atoms with E-state index in [1.54, 1.807) is 11.3 Å². The van der Waals surface area contributed by atoms with E-state index in [4.69, 9.17) is 11.6 Å². The average Bonchev–Trinajstić information content (AvgIpc) is 2.82. The molecule has 3 rings (SSSR count). The fraction of sp³-hybridized carbons (Fsp3) is 0.333. The van der Waals surface area contributed by atoms with Gasteiger partial charge in [0.25, 0.3) is 5.56 Å². The van der Waals surface area contributed by atoms with E-state index in [0.29, 0.717) is 11.2 Å². The molecule has 2 atom stereocenters. The molecule has 2 N–H and O–H groups in total. The zero-order chi connectivity index (χ0) is 17.4. The van der Waals surface area contributed by atoms with Crippen LogP contribution in [0.5, 0.6) is 0 Å². The molecule has 24 heavy (non-hydrogen) atoms. The van der Waals surface area contributed by atoms with Gasteiger partial charge in [0, 0.05) is 15.9 Å². The van der Waals surface area contributed by atoms with Crippen molar-refractivity contribution < 1.29 is 0 Å². The maximum absolute atomic E-state index is 12.4. The van der Waals surface area contributed by atoms with Crippen LogP contribution >= 0.6 is 22.9 Å². The van der Waals surface area contributed by atoms with Gasteiger partial charge in [-0.3, -0.25) is 4.79 Å². The van der Waals surface area contributed by atoms with Crippen LogP contribution in [0.15, 0.2) is 29.1 Å². The van der Waals surface area contributed by atoms with Gasteiger partial charge in [0.15, 0.2) is 0 Å². The molecular formula is C18H20ClN3OS. The van der Waals surface area contributed by atoms with Crippen molar-refractivity contribution in [2.24, 2.45) is 0 Å². The van der Waals surface area contributed by atoms with Crippen LogP contribution in [0.4, 0.5) is 0 Å². The third kappa shape index (κ3) is 3.11. The molecule has 2 heterocycles. The van der Waals surface area contributed by atoms with E-state index in [1.807, 2.05) is 52.0 Å². The molecule has 0 bridgehead atoms. The molecule has 4 nitrogen and oxygen atoms in total. The van der Waals surface area contributed by atoms with Crippen molar-refractivity contribution in [3.05, 3.63) is 61.5 Å². The largest absolute Gasteiger partial charge is 0.309 e. The zero-order valence-electron chi connectivity index (χ0n) is 14.1. The summed E-state index contributed by atoms with van der Waals surface area (Å²) in [5.41, 5.74) is 1.97. The van der Waals surface area contributed by atoms with Gasteiger partial charge >= 0.3 is 0 Å². The molecule has 0 aliphatic heterocycles. The predicted molar refractivity (Wildman–Crippen MR) is 101 cm³/mol. The highest BCUT2D eigenvalue weighted by atomic mass is 35.5. The number of aromatic nitrogens is 2. The average molecular weight is 362 g/mol. The second-order valence-corrected chi connectivity index (χ2v) is 7.66. The molecule has 0 fully saturated rings. The molecule has 1 aromatic carbocycles. The van der Waals surface area contributed by atoms with Crippen LogP contribution in [0.25, 0.3) is 10.2 Å². The number of hydrogen-bond acceptors (Lipinski definition) is 4. The van der Waals surface area contributed by atoms with Gasteiger partial charge in [-0.25, -0.2) is 4.98 Å². The number of thiophene rings is 1. The first-order chi connectivity index (χ1) is 11.4. The normalized spacial score (nSPS) is 14.0. The van der Waals surface area contributed by atoms with Crippen LogP contribution in [0, 0.1) is 13.8 Å². The van der Waals surface area contributed by atoms with Crippen molar-refractivity contribution in [1.29, 1.82) is 0 Å². The first-order valence-corrected chi connectivity index (χ1v) is 9.08. The van der Waals surface area contributed by atoms with E-state index in [1.165, 1.54) is 0 Å². The molecule has 2 unspecified atom stereocenters. The Balaban J connectivity index is 1.90. The van der Waals surface area contributed by atoms with Crippen LogP contribution in [0.3, 0.4) is 0 Å². The fourth-order valence-electron chi connectivity index (χ4n) is 2.85. The SMILES string of the molecule is Cc1sc2nc(C(C)NC(C)c3ccccc3Cl)[nH]c(=O)c2c1C. The van der Waals surface area contributed by atoms with Gasteiger partial charge in [0.2, 0.25) is 0 Å². The Morgan fingerprint density at radius 2 is 1.92 bits per heavy atom. The van der Waals surface area contributed by atoms with Gasteiger partial charge in [0.05, 0.1) is 11.4 Å². The maximum atomic E-state index is 12.4. The van der Waals surface area contributed by atoms with Crippen molar-refractivity contribution in [2.45, 2.75) is 39.8 Å². The van der Waals surface area contributed by atoms with Crippen LogP contribution in [0.1, 0.15) is 47.8 Å². The van der Waals surface area contributed by atoms with Crippen LogP contribution in [-0.4, -0.2) is 9.97 Å². The monoisotopic (exact) mass is 361 g/mol. The van der Waals surface area contributed by atoms with Gasteiger partial charge in [-0.15, -0.1) is 11.3 Å². The lowest BCUT2D eigenvalue weighted by molar-refractivity contribution is 0.477. The number of nitrogens with zero attached hydrogens (tertiary/aromatic N) is 1. The summed E-state index contributed by atoms with van der Waals surface area (Å²) in [7, 11) is 0. The van der Waals surface area contributed by atoms with E-state index in [9.17, 15) is 4.79 Å². The molecule has 0 saturated heterocycles. The minimum atomic E-state index is -0.101. The smallest absolute Gasteiger partial charge is 0.259 e.